The number of thiol groups is 2. The fourth-order valence-electron chi connectivity index (χ4n) is 3.15. The number of aromatic nitrogens is 1. The lowest BCUT2D eigenvalue weighted by Crippen LogP contribution is -2.12. The molecule has 0 bridgehead atoms. The Morgan fingerprint density at radius 2 is 1.59 bits per heavy atom. The average molecular weight is 456 g/mol. The Morgan fingerprint density at radius 3 is 2.28 bits per heavy atom. The molecule has 1 amide bonds. The van der Waals surface area contributed by atoms with Crippen molar-refractivity contribution in [2.24, 2.45) is 4.99 Å². The average Bonchev–Trinajstić information content (AvgIpc) is 2.82. The number of benzene rings is 3. The minimum atomic E-state index is -0.208. The predicted octanol–water partition coefficient (Wildman–Crippen LogP) is 6.25. The zero-order valence-corrected chi connectivity index (χ0v) is 18.9. The number of rotatable bonds is 6. The fourth-order valence-corrected chi connectivity index (χ4v) is 3.60. The number of carbonyl (C=O) groups excluding carboxylic acids is 1. The Bertz CT molecular complexity index is 1240. The van der Waals surface area contributed by atoms with Crippen LogP contribution in [0.3, 0.4) is 0 Å². The Hall–Kier alpha value is -3.35. The molecule has 0 aliphatic heterocycles. The van der Waals surface area contributed by atoms with Crippen LogP contribution in [-0.2, 0) is 6.42 Å². The van der Waals surface area contributed by atoms with Gasteiger partial charge >= 0.3 is 0 Å². The van der Waals surface area contributed by atoms with Crippen LogP contribution < -0.4 is 5.32 Å². The quantitative estimate of drug-likeness (QED) is 0.238. The first-order valence-corrected chi connectivity index (χ1v) is 10.9. The molecule has 3 aromatic carbocycles. The third-order valence-corrected chi connectivity index (χ3v) is 5.88. The van der Waals surface area contributed by atoms with Gasteiger partial charge in [0.2, 0.25) is 0 Å². The van der Waals surface area contributed by atoms with Gasteiger partial charge in [-0.3, -0.25) is 14.8 Å². The molecule has 0 spiro atoms. The molecule has 0 atom stereocenters. The largest absolute Gasteiger partial charge is 0.322 e. The van der Waals surface area contributed by atoms with Gasteiger partial charge in [0.15, 0.2) is 0 Å². The van der Waals surface area contributed by atoms with E-state index < -0.39 is 0 Å². The second-order valence-corrected chi connectivity index (χ2v) is 8.11. The van der Waals surface area contributed by atoms with Gasteiger partial charge in [-0.1, -0.05) is 36.4 Å². The van der Waals surface area contributed by atoms with Crippen LogP contribution in [0.15, 0.2) is 106 Å². The Kier molecular flexibility index (Phi) is 7.04. The van der Waals surface area contributed by atoms with E-state index in [4.69, 9.17) is 0 Å². The van der Waals surface area contributed by atoms with Crippen molar-refractivity contribution in [2.45, 2.75) is 16.2 Å². The zero-order chi connectivity index (χ0) is 22.3. The summed E-state index contributed by atoms with van der Waals surface area (Å²) in [6, 6.07) is 27.0. The van der Waals surface area contributed by atoms with Crippen LogP contribution in [-0.4, -0.2) is 17.1 Å². The van der Waals surface area contributed by atoms with Crippen LogP contribution in [0.1, 0.15) is 27.2 Å². The summed E-state index contributed by atoms with van der Waals surface area (Å²) in [7, 11) is 0. The number of aliphatic imine (C=N–C) groups is 1. The van der Waals surface area contributed by atoms with E-state index in [2.05, 4.69) is 52.7 Å². The van der Waals surface area contributed by atoms with Crippen molar-refractivity contribution in [3.05, 3.63) is 114 Å². The van der Waals surface area contributed by atoms with Crippen LogP contribution >= 0.6 is 25.3 Å². The summed E-state index contributed by atoms with van der Waals surface area (Å²) in [5.41, 5.74) is 5.27. The molecule has 0 saturated carbocycles. The summed E-state index contributed by atoms with van der Waals surface area (Å²) < 4.78 is 0. The van der Waals surface area contributed by atoms with Crippen molar-refractivity contribution >= 4 is 48.8 Å². The maximum atomic E-state index is 12.5. The van der Waals surface area contributed by atoms with Gasteiger partial charge in [-0.15, -0.1) is 25.3 Å². The summed E-state index contributed by atoms with van der Waals surface area (Å²) in [6.45, 7) is 0. The minimum absolute atomic E-state index is 0.208. The van der Waals surface area contributed by atoms with Gasteiger partial charge in [0.05, 0.1) is 23.2 Å². The summed E-state index contributed by atoms with van der Waals surface area (Å²) >= 11 is 8.70. The Labute approximate surface area is 198 Å². The highest BCUT2D eigenvalue weighted by molar-refractivity contribution is 7.83. The molecule has 0 aliphatic carbocycles. The molecule has 1 aromatic heterocycles. The number of nitrogens with zero attached hydrogens (tertiary/aromatic N) is 2. The summed E-state index contributed by atoms with van der Waals surface area (Å²) in [6.07, 6.45) is 4.30. The number of anilines is 1. The lowest BCUT2D eigenvalue weighted by atomic mass is 10.0. The molecule has 6 heteroatoms. The second-order valence-electron chi connectivity index (χ2n) is 7.18. The second kappa shape index (κ2) is 10.3. The normalized spacial score (nSPS) is 10.9. The molecular weight excluding hydrogens is 434 g/mol. The molecule has 0 unspecified atom stereocenters. The van der Waals surface area contributed by atoms with Crippen molar-refractivity contribution in [3.8, 4) is 0 Å². The SMILES string of the molecule is O=C(Nc1ccc(Cc2ccc(N=Cc3ccccn3)cc2)cc1)c1cccc(S)c1S. The van der Waals surface area contributed by atoms with Crippen LogP contribution in [0.2, 0.25) is 0 Å². The number of amides is 1. The molecule has 4 rings (SSSR count). The first-order chi connectivity index (χ1) is 15.6. The van der Waals surface area contributed by atoms with Gasteiger partial charge in [0.25, 0.3) is 5.91 Å². The number of nitrogens with one attached hydrogen (secondary N) is 1. The standard InChI is InChI=1S/C26H21N3OS2/c30-26(23-5-3-6-24(31)25(23)32)29-21-13-9-19(10-14-21)16-18-7-11-20(12-8-18)28-17-22-4-1-2-15-27-22/h1-15,17,31-32H,16H2,(H,29,30). The summed E-state index contributed by atoms with van der Waals surface area (Å²) in [4.78, 5) is 22.5. The highest BCUT2D eigenvalue weighted by Crippen LogP contribution is 2.23. The Balaban J connectivity index is 1.37. The molecule has 0 fully saturated rings. The van der Waals surface area contributed by atoms with Crippen molar-refractivity contribution in [2.75, 3.05) is 5.32 Å². The van der Waals surface area contributed by atoms with E-state index >= 15 is 0 Å². The smallest absolute Gasteiger partial charge is 0.256 e. The van der Waals surface area contributed by atoms with Crippen molar-refractivity contribution in [3.63, 3.8) is 0 Å². The van der Waals surface area contributed by atoms with Crippen LogP contribution in [0.4, 0.5) is 11.4 Å². The molecular formula is C26H21N3OS2. The third-order valence-electron chi connectivity index (χ3n) is 4.85. The maximum absolute atomic E-state index is 12.5. The molecule has 1 heterocycles. The van der Waals surface area contributed by atoms with E-state index in [0.29, 0.717) is 15.4 Å². The predicted molar refractivity (Wildman–Crippen MR) is 136 cm³/mol. The van der Waals surface area contributed by atoms with Gasteiger partial charge in [-0.25, -0.2) is 0 Å². The number of hydrogen-bond donors (Lipinski definition) is 3. The van der Waals surface area contributed by atoms with Gasteiger partial charge in [0, 0.05) is 21.7 Å². The van der Waals surface area contributed by atoms with Crippen LogP contribution in [0.5, 0.6) is 0 Å². The molecule has 4 nitrogen and oxygen atoms in total. The molecule has 0 radical (unpaired) electrons. The van der Waals surface area contributed by atoms with Crippen LogP contribution in [0, 0.1) is 0 Å². The zero-order valence-electron chi connectivity index (χ0n) is 17.1. The van der Waals surface area contributed by atoms with E-state index in [1.54, 1.807) is 30.6 Å². The number of carbonyl (C=O) groups is 1. The van der Waals surface area contributed by atoms with Crippen molar-refractivity contribution < 1.29 is 4.79 Å². The van der Waals surface area contributed by atoms with Gasteiger partial charge in [0.1, 0.15) is 0 Å². The van der Waals surface area contributed by atoms with Gasteiger partial charge < -0.3 is 5.32 Å². The fraction of sp³-hybridized carbons (Fsp3) is 0.0385. The van der Waals surface area contributed by atoms with E-state index in [1.165, 1.54) is 5.56 Å². The van der Waals surface area contributed by atoms with E-state index in [-0.39, 0.29) is 5.91 Å². The maximum Gasteiger partial charge on any atom is 0.256 e. The Morgan fingerprint density at radius 1 is 0.875 bits per heavy atom. The lowest BCUT2D eigenvalue weighted by Gasteiger charge is -2.09. The van der Waals surface area contributed by atoms with E-state index in [1.807, 2.05) is 54.6 Å². The number of pyridine rings is 1. The van der Waals surface area contributed by atoms with Crippen molar-refractivity contribution in [1.29, 1.82) is 0 Å². The van der Waals surface area contributed by atoms with Crippen molar-refractivity contribution in [1.82, 2.24) is 4.98 Å². The van der Waals surface area contributed by atoms with Crippen LogP contribution in [0.25, 0.3) is 0 Å². The third kappa shape index (κ3) is 5.66. The molecule has 4 aromatic rings. The van der Waals surface area contributed by atoms with E-state index in [9.17, 15) is 4.79 Å². The number of hydrogen-bond acceptors (Lipinski definition) is 5. The molecule has 158 valence electrons. The minimum Gasteiger partial charge on any atom is -0.322 e. The lowest BCUT2D eigenvalue weighted by molar-refractivity contribution is 0.102. The monoisotopic (exact) mass is 455 g/mol. The van der Waals surface area contributed by atoms with E-state index in [0.717, 1.165) is 29.1 Å². The first-order valence-electron chi connectivity index (χ1n) is 10.0. The topological polar surface area (TPSA) is 54.4 Å². The molecule has 0 aliphatic rings. The first kappa shape index (κ1) is 21.9. The highest BCUT2D eigenvalue weighted by Gasteiger charge is 2.11. The van der Waals surface area contributed by atoms with Gasteiger partial charge in [-0.2, -0.15) is 0 Å². The summed E-state index contributed by atoms with van der Waals surface area (Å²) in [5, 5.41) is 2.91. The highest BCUT2D eigenvalue weighted by atomic mass is 32.1. The van der Waals surface area contributed by atoms with Gasteiger partial charge in [-0.05, 0) is 66.1 Å². The molecule has 32 heavy (non-hydrogen) atoms. The summed E-state index contributed by atoms with van der Waals surface area (Å²) in [5.74, 6) is -0.208. The molecule has 1 N–H and O–H groups in total. The molecule has 0 saturated heterocycles.